The number of hydrogen-bond acceptors (Lipinski definition) is 4. The van der Waals surface area contributed by atoms with Crippen LogP contribution in [0.1, 0.15) is 35.8 Å². The van der Waals surface area contributed by atoms with Crippen molar-refractivity contribution < 1.29 is 4.74 Å². The third-order valence-electron chi connectivity index (χ3n) is 3.74. The maximum Gasteiger partial charge on any atom is 0.168 e. The summed E-state index contributed by atoms with van der Waals surface area (Å²) in [6.45, 7) is 3.35. The van der Waals surface area contributed by atoms with Crippen molar-refractivity contribution in [3.63, 3.8) is 0 Å². The molecule has 2 aliphatic heterocycles. The van der Waals surface area contributed by atoms with Gasteiger partial charge in [-0.15, -0.1) is 0 Å². The van der Waals surface area contributed by atoms with E-state index in [4.69, 9.17) is 10.00 Å². The third kappa shape index (κ3) is 1.74. The van der Waals surface area contributed by atoms with Crippen molar-refractivity contribution in [1.29, 1.82) is 5.26 Å². The van der Waals surface area contributed by atoms with E-state index in [1.54, 1.807) is 0 Å². The number of likely N-dealkylation sites (tertiary alicyclic amines) is 1. The van der Waals surface area contributed by atoms with Gasteiger partial charge in [-0.1, -0.05) is 0 Å². The first-order valence-corrected chi connectivity index (χ1v) is 6.06. The molecule has 0 unspecified atom stereocenters. The summed E-state index contributed by atoms with van der Waals surface area (Å²) in [5, 5.41) is 13.5. The van der Waals surface area contributed by atoms with E-state index in [1.807, 2.05) is 4.68 Å². The number of nitrogens with zero attached hydrogens (tertiary/aromatic N) is 4. The first-order valence-electron chi connectivity index (χ1n) is 6.06. The second-order valence-corrected chi connectivity index (χ2v) is 4.86. The van der Waals surface area contributed by atoms with Gasteiger partial charge in [0.05, 0.1) is 24.9 Å². The lowest BCUT2D eigenvalue weighted by molar-refractivity contribution is 0.125. The van der Waals surface area contributed by atoms with Gasteiger partial charge in [0.15, 0.2) is 5.69 Å². The SMILES string of the molecule is CN1CCC(n2nc(C#N)c3c2COC3)CC1. The van der Waals surface area contributed by atoms with Crippen molar-refractivity contribution in [1.82, 2.24) is 14.7 Å². The molecule has 0 aromatic carbocycles. The van der Waals surface area contributed by atoms with E-state index >= 15 is 0 Å². The van der Waals surface area contributed by atoms with Crippen LogP contribution in [-0.4, -0.2) is 34.8 Å². The Kier molecular flexibility index (Phi) is 2.61. The normalized spacial score (nSPS) is 21.4. The van der Waals surface area contributed by atoms with Gasteiger partial charge in [0, 0.05) is 5.56 Å². The van der Waals surface area contributed by atoms with Crippen molar-refractivity contribution in [2.24, 2.45) is 0 Å². The Balaban J connectivity index is 1.91. The molecule has 1 aromatic rings. The predicted molar refractivity (Wildman–Crippen MR) is 61.2 cm³/mol. The molecule has 0 amide bonds. The number of fused-ring (bicyclic) bond motifs is 1. The van der Waals surface area contributed by atoms with Crippen molar-refractivity contribution >= 4 is 0 Å². The molecule has 17 heavy (non-hydrogen) atoms. The van der Waals surface area contributed by atoms with Crippen molar-refractivity contribution in [2.45, 2.75) is 32.1 Å². The van der Waals surface area contributed by atoms with Crippen LogP contribution in [0, 0.1) is 11.3 Å². The number of piperidine rings is 1. The topological polar surface area (TPSA) is 54.1 Å². The van der Waals surface area contributed by atoms with Gasteiger partial charge in [-0.3, -0.25) is 4.68 Å². The molecule has 0 N–H and O–H groups in total. The number of hydrogen-bond donors (Lipinski definition) is 0. The highest BCUT2D eigenvalue weighted by molar-refractivity contribution is 5.36. The van der Waals surface area contributed by atoms with Crippen LogP contribution in [0.25, 0.3) is 0 Å². The molecule has 1 aromatic heterocycles. The van der Waals surface area contributed by atoms with E-state index in [-0.39, 0.29) is 0 Å². The summed E-state index contributed by atoms with van der Waals surface area (Å²) in [6.07, 6.45) is 2.21. The van der Waals surface area contributed by atoms with Crippen LogP contribution in [0.15, 0.2) is 0 Å². The van der Waals surface area contributed by atoms with E-state index in [2.05, 4.69) is 23.1 Å². The third-order valence-corrected chi connectivity index (χ3v) is 3.74. The van der Waals surface area contributed by atoms with Gasteiger partial charge in [0.1, 0.15) is 6.07 Å². The van der Waals surface area contributed by atoms with Crippen LogP contribution >= 0.6 is 0 Å². The Bertz CT molecular complexity index is 466. The molecule has 3 heterocycles. The average molecular weight is 232 g/mol. The molecule has 0 aliphatic carbocycles. The quantitative estimate of drug-likeness (QED) is 0.726. The van der Waals surface area contributed by atoms with Crippen LogP contribution < -0.4 is 0 Å². The Labute approximate surface area is 101 Å². The highest BCUT2D eigenvalue weighted by Crippen LogP contribution is 2.29. The van der Waals surface area contributed by atoms with Gasteiger partial charge in [-0.25, -0.2) is 0 Å². The van der Waals surface area contributed by atoms with Crippen LogP contribution in [0.5, 0.6) is 0 Å². The zero-order valence-corrected chi connectivity index (χ0v) is 10.0. The molecule has 0 spiro atoms. The molecule has 0 atom stereocenters. The molecule has 1 fully saturated rings. The van der Waals surface area contributed by atoms with E-state index in [0.717, 1.165) is 37.2 Å². The molecule has 0 saturated carbocycles. The lowest BCUT2D eigenvalue weighted by Crippen LogP contribution is -2.32. The molecule has 1 saturated heterocycles. The molecule has 5 heteroatoms. The summed E-state index contributed by atoms with van der Waals surface area (Å²) in [5.41, 5.74) is 2.68. The van der Waals surface area contributed by atoms with E-state index in [0.29, 0.717) is 24.9 Å². The lowest BCUT2D eigenvalue weighted by atomic mass is 10.1. The number of rotatable bonds is 1. The summed E-state index contributed by atoms with van der Waals surface area (Å²) in [6, 6.07) is 2.61. The maximum absolute atomic E-state index is 9.07. The fourth-order valence-electron chi connectivity index (χ4n) is 2.69. The summed E-state index contributed by atoms with van der Waals surface area (Å²) in [5.74, 6) is 0. The highest BCUT2D eigenvalue weighted by Gasteiger charge is 2.28. The fraction of sp³-hybridized carbons (Fsp3) is 0.667. The predicted octanol–water partition coefficient (Wildman–Crippen LogP) is 1.05. The van der Waals surface area contributed by atoms with Gasteiger partial charge in [0.25, 0.3) is 0 Å². The number of aromatic nitrogens is 2. The summed E-state index contributed by atoms with van der Waals surface area (Å²) in [4.78, 5) is 2.34. The van der Waals surface area contributed by atoms with Gasteiger partial charge in [0.2, 0.25) is 0 Å². The zero-order chi connectivity index (χ0) is 11.8. The second-order valence-electron chi connectivity index (χ2n) is 4.86. The molecule has 5 nitrogen and oxygen atoms in total. The first-order chi connectivity index (χ1) is 8.29. The summed E-state index contributed by atoms with van der Waals surface area (Å²) < 4.78 is 7.48. The molecular weight excluding hydrogens is 216 g/mol. The standard InChI is InChI=1S/C12H16N4O/c1-15-4-2-9(3-5-15)16-12-8-17-7-10(12)11(6-13)14-16/h9H,2-5,7-8H2,1H3. The lowest BCUT2D eigenvalue weighted by Gasteiger charge is -2.29. The van der Waals surface area contributed by atoms with Crippen LogP contribution in [0.3, 0.4) is 0 Å². The zero-order valence-electron chi connectivity index (χ0n) is 10.0. The largest absolute Gasteiger partial charge is 0.370 e. The molecular formula is C12H16N4O. The molecule has 2 aliphatic rings. The number of nitriles is 1. The minimum absolute atomic E-state index is 0.434. The Hall–Kier alpha value is -1.38. The van der Waals surface area contributed by atoms with Crippen LogP contribution in [-0.2, 0) is 18.0 Å². The van der Waals surface area contributed by atoms with Crippen LogP contribution in [0.4, 0.5) is 0 Å². The Morgan fingerprint density at radius 3 is 2.82 bits per heavy atom. The van der Waals surface area contributed by atoms with Crippen molar-refractivity contribution in [3.05, 3.63) is 17.0 Å². The van der Waals surface area contributed by atoms with Crippen molar-refractivity contribution in [3.8, 4) is 6.07 Å². The second kappa shape index (κ2) is 4.13. The van der Waals surface area contributed by atoms with Gasteiger partial charge < -0.3 is 9.64 Å². The Morgan fingerprint density at radius 2 is 2.12 bits per heavy atom. The Morgan fingerprint density at radius 1 is 1.35 bits per heavy atom. The van der Waals surface area contributed by atoms with E-state index < -0.39 is 0 Å². The summed E-state index contributed by atoms with van der Waals surface area (Å²) >= 11 is 0. The highest BCUT2D eigenvalue weighted by atomic mass is 16.5. The van der Waals surface area contributed by atoms with Gasteiger partial charge in [-0.05, 0) is 33.0 Å². The summed E-state index contributed by atoms with van der Waals surface area (Å²) in [7, 11) is 2.15. The molecule has 3 rings (SSSR count). The average Bonchev–Trinajstić information content (AvgIpc) is 2.91. The van der Waals surface area contributed by atoms with E-state index in [1.165, 1.54) is 0 Å². The van der Waals surface area contributed by atoms with Gasteiger partial charge in [-0.2, -0.15) is 10.4 Å². The first kappa shape index (κ1) is 10.8. The number of ether oxygens (including phenoxy) is 1. The minimum atomic E-state index is 0.434. The smallest absolute Gasteiger partial charge is 0.168 e. The van der Waals surface area contributed by atoms with E-state index in [9.17, 15) is 0 Å². The molecule has 0 radical (unpaired) electrons. The minimum Gasteiger partial charge on any atom is -0.370 e. The maximum atomic E-state index is 9.07. The van der Waals surface area contributed by atoms with Gasteiger partial charge >= 0.3 is 0 Å². The molecule has 90 valence electrons. The van der Waals surface area contributed by atoms with Crippen LogP contribution in [0.2, 0.25) is 0 Å². The fourth-order valence-corrected chi connectivity index (χ4v) is 2.69. The molecule has 0 bridgehead atoms. The monoisotopic (exact) mass is 232 g/mol. The van der Waals surface area contributed by atoms with Crippen molar-refractivity contribution in [2.75, 3.05) is 20.1 Å².